The molecule has 3 heterocycles. The van der Waals surface area contributed by atoms with Gasteiger partial charge in [-0.05, 0) is 31.7 Å². The topological polar surface area (TPSA) is 61.6 Å². The summed E-state index contributed by atoms with van der Waals surface area (Å²) in [4.78, 5) is 21.7. The van der Waals surface area contributed by atoms with Crippen LogP contribution in [0.1, 0.15) is 21.7 Å². The second kappa shape index (κ2) is 7.81. The molecule has 0 aliphatic carbocycles. The standard InChI is InChI=1S/C21H23ClN4O2/c1-14-16-4-3-5-17(22)20(16)28-19(14)21(27)24-13-15-6-7-18(23-12-15)26-10-8-25(2)9-11-26/h3-7,12H,8-11,13H2,1-2H3,(H,24,27). The number of amides is 1. The van der Waals surface area contributed by atoms with E-state index in [9.17, 15) is 4.79 Å². The number of benzene rings is 1. The molecule has 0 spiro atoms. The third-order valence-corrected chi connectivity index (χ3v) is 5.51. The van der Waals surface area contributed by atoms with Crippen LogP contribution in [-0.4, -0.2) is 49.0 Å². The average Bonchev–Trinajstić information content (AvgIpc) is 3.05. The van der Waals surface area contributed by atoms with Crippen LogP contribution in [0.15, 0.2) is 40.9 Å². The normalized spacial score (nSPS) is 15.2. The Morgan fingerprint density at radius 2 is 2.00 bits per heavy atom. The molecule has 0 saturated carbocycles. The van der Waals surface area contributed by atoms with Gasteiger partial charge in [-0.2, -0.15) is 0 Å². The highest BCUT2D eigenvalue weighted by atomic mass is 35.5. The number of aromatic nitrogens is 1. The zero-order valence-electron chi connectivity index (χ0n) is 16.0. The van der Waals surface area contributed by atoms with Gasteiger partial charge in [0.2, 0.25) is 0 Å². The van der Waals surface area contributed by atoms with Crippen LogP contribution in [0.25, 0.3) is 11.0 Å². The molecule has 28 heavy (non-hydrogen) atoms. The minimum absolute atomic E-state index is 0.257. The van der Waals surface area contributed by atoms with Gasteiger partial charge in [0.1, 0.15) is 5.82 Å². The number of halogens is 1. The monoisotopic (exact) mass is 398 g/mol. The van der Waals surface area contributed by atoms with Gasteiger partial charge in [0.05, 0.1) is 5.02 Å². The highest BCUT2D eigenvalue weighted by Gasteiger charge is 2.19. The van der Waals surface area contributed by atoms with E-state index in [-0.39, 0.29) is 5.91 Å². The van der Waals surface area contributed by atoms with E-state index in [1.807, 2.05) is 37.4 Å². The number of nitrogens with zero attached hydrogens (tertiary/aromatic N) is 3. The van der Waals surface area contributed by atoms with E-state index >= 15 is 0 Å². The molecule has 1 aliphatic heterocycles. The van der Waals surface area contributed by atoms with E-state index in [2.05, 4.69) is 27.1 Å². The molecule has 1 saturated heterocycles. The number of likely N-dealkylation sites (N-methyl/N-ethyl adjacent to an activating group) is 1. The number of nitrogens with one attached hydrogen (secondary N) is 1. The number of aryl methyl sites for hydroxylation is 1. The second-order valence-corrected chi connectivity index (χ2v) is 7.58. The van der Waals surface area contributed by atoms with Gasteiger partial charge < -0.3 is 19.5 Å². The zero-order chi connectivity index (χ0) is 19.7. The number of fused-ring (bicyclic) bond motifs is 1. The molecule has 7 heteroatoms. The lowest BCUT2D eigenvalue weighted by molar-refractivity contribution is 0.0924. The average molecular weight is 399 g/mol. The Bertz CT molecular complexity index is 992. The largest absolute Gasteiger partial charge is 0.449 e. The lowest BCUT2D eigenvalue weighted by Gasteiger charge is -2.33. The van der Waals surface area contributed by atoms with E-state index in [4.69, 9.17) is 16.0 Å². The Kier molecular flexibility index (Phi) is 5.24. The van der Waals surface area contributed by atoms with Crippen LogP contribution >= 0.6 is 11.6 Å². The quantitative estimate of drug-likeness (QED) is 0.729. The number of carbonyl (C=O) groups is 1. The SMILES string of the molecule is Cc1c(C(=O)NCc2ccc(N3CCN(C)CC3)nc2)oc2c(Cl)cccc12. The molecule has 2 aromatic heterocycles. The van der Waals surface area contributed by atoms with Crippen molar-refractivity contribution in [2.24, 2.45) is 0 Å². The fraction of sp³-hybridized carbons (Fsp3) is 0.333. The number of piperazine rings is 1. The van der Waals surface area contributed by atoms with Gasteiger partial charge in [0.25, 0.3) is 5.91 Å². The van der Waals surface area contributed by atoms with Crippen LogP contribution in [0, 0.1) is 6.92 Å². The summed E-state index contributed by atoms with van der Waals surface area (Å²) in [7, 11) is 2.13. The highest BCUT2D eigenvalue weighted by Crippen LogP contribution is 2.30. The highest BCUT2D eigenvalue weighted by molar-refractivity contribution is 6.35. The summed E-state index contributed by atoms with van der Waals surface area (Å²) in [5, 5.41) is 4.27. The van der Waals surface area contributed by atoms with E-state index in [1.165, 1.54) is 0 Å². The molecule has 1 aromatic carbocycles. The maximum Gasteiger partial charge on any atom is 0.287 e. The minimum atomic E-state index is -0.257. The van der Waals surface area contributed by atoms with Crippen molar-refractivity contribution in [3.8, 4) is 0 Å². The summed E-state index contributed by atoms with van der Waals surface area (Å²) >= 11 is 6.17. The van der Waals surface area contributed by atoms with E-state index < -0.39 is 0 Å². The molecule has 146 valence electrons. The number of para-hydroxylation sites is 1. The van der Waals surface area contributed by atoms with Crippen LogP contribution in [0.5, 0.6) is 0 Å². The molecule has 0 radical (unpaired) electrons. The lowest BCUT2D eigenvalue weighted by atomic mass is 10.1. The van der Waals surface area contributed by atoms with Crippen molar-refractivity contribution in [3.63, 3.8) is 0 Å². The molecule has 1 fully saturated rings. The first-order valence-corrected chi connectivity index (χ1v) is 9.75. The summed E-state index contributed by atoms with van der Waals surface area (Å²) in [5.74, 6) is 1.02. The van der Waals surface area contributed by atoms with Gasteiger partial charge in [-0.1, -0.05) is 29.8 Å². The molecular formula is C21H23ClN4O2. The zero-order valence-corrected chi connectivity index (χ0v) is 16.8. The predicted molar refractivity (Wildman–Crippen MR) is 111 cm³/mol. The van der Waals surface area contributed by atoms with Crippen molar-refractivity contribution in [1.29, 1.82) is 0 Å². The number of hydrogen-bond acceptors (Lipinski definition) is 5. The van der Waals surface area contributed by atoms with E-state index in [1.54, 1.807) is 6.07 Å². The summed E-state index contributed by atoms with van der Waals surface area (Å²) in [6.45, 7) is 6.30. The van der Waals surface area contributed by atoms with Gasteiger partial charge in [0.15, 0.2) is 11.3 Å². The number of hydrogen-bond donors (Lipinski definition) is 1. The number of furan rings is 1. The first-order valence-electron chi connectivity index (χ1n) is 9.37. The van der Waals surface area contributed by atoms with Crippen LogP contribution in [0.2, 0.25) is 5.02 Å². The maximum atomic E-state index is 12.6. The van der Waals surface area contributed by atoms with Crippen LogP contribution in [0.4, 0.5) is 5.82 Å². The van der Waals surface area contributed by atoms with Gasteiger partial charge in [-0.3, -0.25) is 4.79 Å². The fourth-order valence-corrected chi connectivity index (χ4v) is 3.65. The van der Waals surface area contributed by atoms with Crippen LogP contribution in [-0.2, 0) is 6.54 Å². The van der Waals surface area contributed by atoms with Crippen molar-refractivity contribution in [2.45, 2.75) is 13.5 Å². The lowest BCUT2D eigenvalue weighted by Crippen LogP contribution is -2.44. The van der Waals surface area contributed by atoms with Crippen LogP contribution < -0.4 is 10.2 Å². The third-order valence-electron chi connectivity index (χ3n) is 5.21. The number of carbonyl (C=O) groups excluding carboxylic acids is 1. The summed E-state index contributed by atoms with van der Waals surface area (Å²) < 4.78 is 5.72. The molecule has 1 aliphatic rings. The molecule has 1 amide bonds. The minimum Gasteiger partial charge on any atom is -0.449 e. The Balaban J connectivity index is 1.41. The van der Waals surface area contributed by atoms with Crippen LogP contribution in [0.3, 0.4) is 0 Å². The Labute approximate surface area is 169 Å². The second-order valence-electron chi connectivity index (χ2n) is 7.17. The van der Waals surface area contributed by atoms with Crippen molar-refractivity contribution in [3.05, 3.63) is 58.4 Å². The summed E-state index contributed by atoms with van der Waals surface area (Å²) in [5.41, 5.74) is 2.28. The molecule has 4 rings (SSSR count). The van der Waals surface area contributed by atoms with Gasteiger partial charge >= 0.3 is 0 Å². The molecule has 6 nitrogen and oxygen atoms in total. The van der Waals surface area contributed by atoms with Gasteiger partial charge in [0, 0.05) is 49.9 Å². The Hall–Kier alpha value is -2.57. The van der Waals surface area contributed by atoms with Crippen molar-refractivity contribution >= 4 is 34.3 Å². The molecule has 0 unspecified atom stereocenters. The van der Waals surface area contributed by atoms with Gasteiger partial charge in [-0.15, -0.1) is 0 Å². The molecule has 0 bridgehead atoms. The number of rotatable bonds is 4. The number of anilines is 1. The smallest absolute Gasteiger partial charge is 0.287 e. The summed E-state index contributed by atoms with van der Waals surface area (Å²) in [6.07, 6.45) is 1.82. The summed E-state index contributed by atoms with van der Waals surface area (Å²) in [6, 6.07) is 9.52. The first-order chi connectivity index (χ1) is 13.5. The van der Waals surface area contributed by atoms with E-state index in [0.29, 0.717) is 22.9 Å². The first kappa shape index (κ1) is 18.8. The maximum absolute atomic E-state index is 12.6. The Morgan fingerprint density at radius 1 is 1.21 bits per heavy atom. The molecule has 3 aromatic rings. The third kappa shape index (κ3) is 3.70. The fourth-order valence-electron chi connectivity index (χ4n) is 3.43. The van der Waals surface area contributed by atoms with Crippen molar-refractivity contribution in [1.82, 2.24) is 15.2 Å². The van der Waals surface area contributed by atoms with E-state index in [0.717, 1.165) is 48.5 Å². The van der Waals surface area contributed by atoms with Gasteiger partial charge in [-0.25, -0.2) is 4.98 Å². The molecule has 1 N–H and O–H groups in total. The molecular weight excluding hydrogens is 376 g/mol. The number of pyridine rings is 1. The molecule has 0 atom stereocenters. The predicted octanol–water partition coefficient (Wildman–Crippen LogP) is 3.47. The Morgan fingerprint density at radius 3 is 2.68 bits per heavy atom. The van der Waals surface area contributed by atoms with Crippen molar-refractivity contribution in [2.75, 3.05) is 38.1 Å². The van der Waals surface area contributed by atoms with Crippen molar-refractivity contribution < 1.29 is 9.21 Å².